The highest BCUT2D eigenvalue weighted by Gasteiger charge is 2.04. The molecule has 6 nitrogen and oxygen atoms in total. The molecule has 0 unspecified atom stereocenters. The lowest BCUT2D eigenvalue weighted by molar-refractivity contribution is 0.398. The number of ether oxygens (including phenoxy) is 1. The molecule has 2 heterocycles. The molecule has 0 aliphatic heterocycles. The van der Waals surface area contributed by atoms with Crippen LogP contribution >= 0.6 is 0 Å². The molecule has 0 saturated carbocycles. The summed E-state index contributed by atoms with van der Waals surface area (Å²) in [7, 11) is 3.04. The molecule has 0 fully saturated rings. The molecule has 6 heteroatoms. The molecule has 0 N–H and O–H groups in total. The highest BCUT2D eigenvalue weighted by molar-refractivity contribution is 5.76. The Labute approximate surface area is 79.1 Å². The van der Waals surface area contributed by atoms with E-state index in [-0.39, 0.29) is 5.56 Å². The van der Waals surface area contributed by atoms with Crippen LogP contribution in [-0.2, 0) is 7.05 Å². The maximum absolute atomic E-state index is 11.6. The fraction of sp³-hybridized carbons (Fsp3) is 0.250. The van der Waals surface area contributed by atoms with Crippen LogP contribution in [0.5, 0.6) is 5.88 Å². The van der Waals surface area contributed by atoms with Crippen molar-refractivity contribution in [1.82, 2.24) is 20.0 Å². The van der Waals surface area contributed by atoms with Gasteiger partial charge in [-0.15, -0.1) is 5.10 Å². The molecule has 0 radical (unpaired) electrons. The van der Waals surface area contributed by atoms with Crippen molar-refractivity contribution in [2.75, 3.05) is 7.11 Å². The molecule has 0 spiro atoms. The van der Waals surface area contributed by atoms with Crippen molar-refractivity contribution < 1.29 is 4.74 Å². The third kappa shape index (κ3) is 1.20. The second-order valence-corrected chi connectivity index (χ2v) is 2.76. The van der Waals surface area contributed by atoms with Gasteiger partial charge in [0, 0.05) is 13.1 Å². The molecule has 0 atom stereocenters. The van der Waals surface area contributed by atoms with E-state index in [0.717, 1.165) is 0 Å². The predicted octanol–water partition coefficient (Wildman–Crippen LogP) is -0.268. The van der Waals surface area contributed by atoms with Crippen LogP contribution in [0.2, 0.25) is 0 Å². The lowest BCUT2D eigenvalue weighted by Gasteiger charge is -2.00. The number of aromatic nitrogens is 4. The molecule has 0 saturated heterocycles. The number of pyridine rings is 1. The fourth-order valence-electron chi connectivity index (χ4n) is 1.12. The average molecular weight is 192 g/mol. The van der Waals surface area contributed by atoms with Crippen molar-refractivity contribution >= 4 is 10.9 Å². The van der Waals surface area contributed by atoms with Crippen molar-refractivity contribution in [3.05, 3.63) is 22.6 Å². The summed E-state index contributed by atoms with van der Waals surface area (Å²) >= 11 is 0. The summed E-state index contributed by atoms with van der Waals surface area (Å²) in [6, 6.07) is 1.55. The third-order valence-corrected chi connectivity index (χ3v) is 1.88. The maximum Gasteiger partial charge on any atom is 0.277 e. The quantitative estimate of drug-likeness (QED) is 0.622. The van der Waals surface area contributed by atoms with E-state index in [9.17, 15) is 4.79 Å². The smallest absolute Gasteiger partial charge is 0.277 e. The monoisotopic (exact) mass is 192 g/mol. The highest BCUT2D eigenvalue weighted by atomic mass is 16.5. The zero-order valence-electron chi connectivity index (χ0n) is 7.76. The third-order valence-electron chi connectivity index (χ3n) is 1.88. The molecule has 0 aromatic carbocycles. The van der Waals surface area contributed by atoms with Gasteiger partial charge in [-0.05, 0) is 0 Å². The first-order valence-corrected chi connectivity index (χ1v) is 3.96. The lowest BCUT2D eigenvalue weighted by Crippen LogP contribution is -2.20. The summed E-state index contributed by atoms with van der Waals surface area (Å²) in [6.07, 6.45) is 1.46. The first kappa shape index (κ1) is 8.61. The number of aryl methyl sites for hydroxylation is 1. The minimum atomic E-state index is -0.212. The van der Waals surface area contributed by atoms with Gasteiger partial charge in [-0.25, -0.2) is 9.67 Å². The second kappa shape index (κ2) is 3.06. The molecule has 0 aliphatic carbocycles. The van der Waals surface area contributed by atoms with Gasteiger partial charge in [-0.3, -0.25) is 4.79 Å². The number of fused-ring (bicyclic) bond motifs is 1. The molecular weight excluding hydrogens is 184 g/mol. The Hall–Kier alpha value is -1.98. The van der Waals surface area contributed by atoms with Crippen molar-refractivity contribution in [1.29, 1.82) is 0 Å². The summed E-state index contributed by atoms with van der Waals surface area (Å²) in [5.74, 6) is 0.391. The Morgan fingerprint density at radius 2 is 2.29 bits per heavy atom. The van der Waals surface area contributed by atoms with Crippen molar-refractivity contribution in [3.8, 4) is 5.88 Å². The summed E-state index contributed by atoms with van der Waals surface area (Å²) < 4.78 is 6.08. The van der Waals surface area contributed by atoms with Crippen LogP contribution in [0.15, 0.2) is 17.1 Å². The van der Waals surface area contributed by atoms with Gasteiger partial charge < -0.3 is 4.74 Å². The lowest BCUT2D eigenvalue weighted by atomic mass is 10.3. The SMILES string of the molecule is COc1cc2c(=O)n(C)nnc2cn1. The Morgan fingerprint density at radius 1 is 1.50 bits per heavy atom. The van der Waals surface area contributed by atoms with Crippen molar-refractivity contribution in [3.63, 3.8) is 0 Å². The van der Waals surface area contributed by atoms with Crippen LogP contribution in [0, 0.1) is 0 Å². The van der Waals surface area contributed by atoms with Crippen molar-refractivity contribution in [2.45, 2.75) is 0 Å². The number of methoxy groups -OCH3 is 1. The fourth-order valence-corrected chi connectivity index (χ4v) is 1.12. The molecule has 0 bridgehead atoms. The topological polar surface area (TPSA) is 69.9 Å². The molecule has 14 heavy (non-hydrogen) atoms. The summed E-state index contributed by atoms with van der Waals surface area (Å²) in [5, 5.41) is 7.90. The first-order chi connectivity index (χ1) is 6.72. The summed E-state index contributed by atoms with van der Waals surface area (Å²) in [5.41, 5.74) is 0.254. The second-order valence-electron chi connectivity index (χ2n) is 2.76. The Kier molecular flexibility index (Phi) is 1.88. The van der Waals surface area contributed by atoms with E-state index in [4.69, 9.17) is 4.74 Å². The zero-order valence-corrected chi connectivity index (χ0v) is 7.76. The minimum Gasteiger partial charge on any atom is -0.481 e. The maximum atomic E-state index is 11.6. The van der Waals surface area contributed by atoms with Gasteiger partial charge in [0.05, 0.1) is 18.7 Å². The standard InChI is InChI=1S/C8H8N4O2/c1-12-8(13)5-3-7(14-2)9-4-6(5)10-11-12/h3-4H,1-2H3. The van der Waals surface area contributed by atoms with Gasteiger partial charge in [0.15, 0.2) is 0 Å². The van der Waals surface area contributed by atoms with Gasteiger partial charge in [-0.2, -0.15) is 0 Å². The minimum absolute atomic E-state index is 0.212. The number of hydrogen-bond acceptors (Lipinski definition) is 5. The van der Waals surface area contributed by atoms with Crippen LogP contribution in [0.3, 0.4) is 0 Å². The molecule has 0 amide bonds. The predicted molar refractivity (Wildman–Crippen MR) is 49.1 cm³/mol. The molecule has 2 aromatic heterocycles. The van der Waals surface area contributed by atoms with Crippen LogP contribution in [0.25, 0.3) is 10.9 Å². The van der Waals surface area contributed by atoms with E-state index in [2.05, 4.69) is 15.3 Å². The number of hydrogen-bond donors (Lipinski definition) is 0. The van der Waals surface area contributed by atoms with E-state index in [1.165, 1.54) is 18.0 Å². The van der Waals surface area contributed by atoms with Crippen LogP contribution in [0.4, 0.5) is 0 Å². The van der Waals surface area contributed by atoms with Crippen LogP contribution in [-0.4, -0.2) is 27.1 Å². The zero-order chi connectivity index (χ0) is 10.1. The van der Waals surface area contributed by atoms with Gasteiger partial charge in [-0.1, -0.05) is 5.21 Å². The number of nitrogens with zero attached hydrogens (tertiary/aromatic N) is 4. The molecule has 2 aromatic rings. The Balaban J connectivity index is 2.85. The highest BCUT2D eigenvalue weighted by Crippen LogP contribution is 2.10. The molecule has 2 rings (SSSR count). The molecular formula is C8H8N4O2. The average Bonchev–Trinajstić information content (AvgIpc) is 2.23. The molecule has 72 valence electrons. The van der Waals surface area contributed by atoms with E-state index in [1.54, 1.807) is 13.1 Å². The van der Waals surface area contributed by atoms with Gasteiger partial charge in [0.1, 0.15) is 5.52 Å². The van der Waals surface area contributed by atoms with Gasteiger partial charge in [0.2, 0.25) is 5.88 Å². The molecule has 0 aliphatic rings. The van der Waals surface area contributed by atoms with E-state index in [0.29, 0.717) is 16.8 Å². The van der Waals surface area contributed by atoms with Gasteiger partial charge >= 0.3 is 0 Å². The van der Waals surface area contributed by atoms with Crippen LogP contribution in [0.1, 0.15) is 0 Å². The number of rotatable bonds is 1. The van der Waals surface area contributed by atoms with E-state index in [1.807, 2.05) is 0 Å². The van der Waals surface area contributed by atoms with Crippen molar-refractivity contribution in [2.24, 2.45) is 7.05 Å². The summed E-state index contributed by atoms with van der Waals surface area (Å²) in [6.45, 7) is 0. The van der Waals surface area contributed by atoms with Gasteiger partial charge in [0.25, 0.3) is 5.56 Å². The van der Waals surface area contributed by atoms with E-state index < -0.39 is 0 Å². The summed E-state index contributed by atoms with van der Waals surface area (Å²) in [4.78, 5) is 15.5. The first-order valence-electron chi connectivity index (χ1n) is 3.96. The Morgan fingerprint density at radius 3 is 3.00 bits per heavy atom. The normalized spacial score (nSPS) is 10.4. The van der Waals surface area contributed by atoms with Crippen LogP contribution < -0.4 is 10.3 Å². The Bertz CT molecular complexity index is 534. The largest absolute Gasteiger partial charge is 0.481 e. The van der Waals surface area contributed by atoms with E-state index >= 15 is 0 Å².